The molecule has 0 heterocycles. The predicted molar refractivity (Wildman–Crippen MR) is 65.5 cm³/mol. The summed E-state index contributed by atoms with van der Waals surface area (Å²) < 4.78 is 0. The molecule has 84 valence electrons. The first-order valence-corrected chi connectivity index (χ1v) is 5.18. The Morgan fingerprint density at radius 3 is 1.50 bits per heavy atom. The molecule has 4 nitrogen and oxygen atoms in total. The molecule has 0 aromatic heterocycles. The molecule has 0 aliphatic carbocycles. The summed E-state index contributed by atoms with van der Waals surface area (Å²) >= 11 is 4.99. The smallest absolute Gasteiger partial charge is 0.166 e. The molecule has 5 heteroatoms. The van der Waals surface area contributed by atoms with Crippen molar-refractivity contribution < 1.29 is 0 Å². The number of hydrogen-bond acceptors (Lipinski definition) is 3. The third-order valence-electron chi connectivity index (χ3n) is 1.95. The molecule has 0 atom stereocenters. The van der Waals surface area contributed by atoms with Gasteiger partial charge in [-0.15, -0.1) is 0 Å². The third-order valence-corrected chi connectivity index (χ3v) is 2.20. The summed E-state index contributed by atoms with van der Waals surface area (Å²) in [7, 11) is 8.18. The van der Waals surface area contributed by atoms with E-state index in [-0.39, 0.29) is 0 Å². The van der Waals surface area contributed by atoms with E-state index in [1.54, 1.807) is 0 Å². The number of likely N-dealkylation sites (N-methyl/N-ethyl adjacent to an activating group) is 2. The van der Waals surface area contributed by atoms with Crippen molar-refractivity contribution in [3.05, 3.63) is 0 Å². The highest BCUT2D eigenvalue weighted by molar-refractivity contribution is 7.80. The molecule has 0 aliphatic rings. The lowest BCUT2D eigenvalue weighted by molar-refractivity contribution is 0.297. The molecule has 0 unspecified atom stereocenters. The van der Waals surface area contributed by atoms with Crippen molar-refractivity contribution in [1.82, 2.24) is 14.7 Å². The van der Waals surface area contributed by atoms with Gasteiger partial charge in [-0.2, -0.15) is 0 Å². The first kappa shape index (κ1) is 13.6. The topological polar surface area (TPSA) is 35.7 Å². The number of nitrogens with zero attached hydrogens (tertiary/aromatic N) is 3. The van der Waals surface area contributed by atoms with Crippen molar-refractivity contribution in [2.75, 3.05) is 54.4 Å². The molecule has 0 saturated carbocycles. The van der Waals surface area contributed by atoms with Crippen LogP contribution in [0.4, 0.5) is 0 Å². The van der Waals surface area contributed by atoms with E-state index in [9.17, 15) is 0 Å². The molecule has 0 aliphatic heterocycles. The molecule has 0 spiro atoms. The molecule has 0 bridgehead atoms. The molecule has 0 amide bonds. The van der Waals surface area contributed by atoms with Gasteiger partial charge in [-0.3, -0.25) is 0 Å². The van der Waals surface area contributed by atoms with E-state index in [4.69, 9.17) is 18.0 Å². The van der Waals surface area contributed by atoms with Crippen molar-refractivity contribution >= 4 is 17.3 Å². The van der Waals surface area contributed by atoms with Crippen LogP contribution in [0.15, 0.2) is 0 Å². The lowest BCUT2D eigenvalue weighted by atomic mass is 10.4. The Balaban J connectivity index is 3.84. The summed E-state index contributed by atoms with van der Waals surface area (Å²) in [5, 5.41) is 0.494. The van der Waals surface area contributed by atoms with Crippen LogP contribution >= 0.6 is 12.2 Å². The highest BCUT2D eigenvalue weighted by Gasteiger charge is 2.06. The minimum atomic E-state index is 0.494. The van der Waals surface area contributed by atoms with E-state index in [1.165, 1.54) is 0 Å². The van der Waals surface area contributed by atoms with Gasteiger partial charge in [-0.25, -0.2) is 0 Å². The summed E-state index contributed by atoms with van der Waals surface area (Å²) in [4.78, 5) is 6.29. The van der Waals surface area contributed by atoms with E-state index in [2.05, 4.69) is 9.80 Å². The Morgan fingerprint density at radius 1 is 0.929 bits per heavy atom. The molecule has 2 N–H and O–H groups in total. The average molecular weight is 218 g/mol. The summed E-state index contributed by atoms with van der Waals surface area (Å²) in [6.45, 7) is 3.75. The van der Waals surface area contributed by atoms with E-state index in [0.717, 1.165) is 26.2 Å². The fourth-order valence-electron chi connectivity index (χ4n) is 0.974. The van der Waals surface area contributed by atoms with Crippen molar-refractivity contribution in [3.8, 4) is 0 Å². The fourth-order valence-corrected chi connectivity index (χ4v) is 1.16. The second-order valence-electron chi connectivity index (χ2n) is 3.93. The quantitative estimate of drug-likeness (QED) is 0.617. The van der Waals surface area contributed by atoms with Gasteiger partial charge in [0.2, 0.25) is 0 Å². The number of hydrogen-bond donors (Lipinski definition) is 1. The van der Waals surface area contributed by atoms with Crippen LogP contribution in [0.3, 0.4) is 0 Å². The molecule has 14 heavy (non-hydrogen) atoms. The number of thiocarbonyl (C=S) groups is 1. The summed E-state index contributed by atoms with van der Waals surface area (Å²) in [6.07, 6.45) is 0. The van der Waals surface area contributed by atoms with Gasteiger partial charge in [-0.1, -0.05) is 0 Å². The molecule has 0 rings (SSSR count). The van der Waals surface area contributed by atoms with Crippen LogP contribution in [0.5, 0.6) is 0 Å². The average Bonchev–Trinajstić information content (AvgIpc) is 2.02. The monoisotopic (exact) mass is 218 g/mol. The van der Waals surface area contributed by atoms with Crippen LogP contribution in [0.25, 0.3) is 0 Å². The summed E-state index contributed by atoms with van der Waals surface area (Å²) in [5.41, 5.74) is 5.63. The Hall–Kier alpha value is -0.390. The zero-order chi connectivity index (χ0) is 11.1. The largest absolute Gasteiger partial charge is 0.376 e. The van der Waals surface area contributed by atoms with E-state index >= 15 is 0 Å². The van der Waals surface area contributed by atoms with Crippen LogP contribution in [0.2, 0.25) is 0 Å². The van der Waals surface area contributed by atoms with E-state index < -0.39 is 0 Å². The number of nitrogens with two attached hydrogens (primary N) is 1. The highest BCUT2D eigenvalue weighted by atomic mass is 32.1. The minimum absolute atomic E-state index is 0.494. The molecule has 0 saturated heterocycles. The SMILES string of the molecule is CN(C)CCN(CCN(C)C)C(N)=S. The van der Waals surface area contributed by atoms with Gasteiger partial charge >= 0.3 is 0 Å². The standard InChI is InChI=1S/C9H22N4S/c1-11(2)5-7-13(9(10)14)8-6-12(3)4/h5-8H2,1-4H3,(H2,10,14). The maximum absolute atomic E-state index is 5.63. The maximum Gasteiger partial charge on any atom is 0.166 e. The first-order chi connectivity index (χ1) is 6.43. The van der Waals surface area contributed by atoms with Crippen LogP contribution in [0.1, 0.15) is 0 Å². The second-order valence-corrected chi connectivity index (χ2v) is 4.35. The summed E-state index contributed by atoms with van der Waals surface area (Å²) in [5.74, 6) is 0. The second kappa shape index (κ2) is 6.98. The van der Waals surface area contributed by atoms with Gasteiger partial charge in [0, 0.05) is 26.2 Å². The van der Waals surface area contributed by atoms with Crippen molar-refractivity contribution in [2.24, 2.45) is 5.73 Å². The van der Waals surface area contributed by atoms with Gasteiger partial charge in [0.1, 0.15) is 0 Å². The van der Waals surface area contributed by atoms with Crippen LogP contribution < -0.4 is 5.73 Å². The maximum atomic E-state index is 5.63. The Bertz CT molecular complexity index is 158. The Labute approximate surface area is 92.6 Å². The van der Waals surface area contributed by atoms with Crippen molar-refractivity contribution in [3.63, 3.8) is 0 Å². The highest BCUT2D eigenvalue weighted by Crippen LogP contribution is 1.90. The zero-order valence-electron chi connectivity index (χ0n) is 9.66. The van der Waals surface area contributed by atoms with Gasteiger partial charge in [0.25, 0.3) is 0 Å². The molecule has 0 aromatic rings. The first-order valence-electron chi connectivity index (χ1n) is 4.77. The number of rotatable bonds is 6. The van der Waals surface area contributed by atoms with Crippen molar-refractivity contribution in [1.29, 1.82) is 0 Å². The fraction of sp³-hybridized carbons (Fsp3) is 0.889. The zero-order valence-corrected chi connectivity index (χ0v) is 10.5. The molecule has 0 radical (unpaired) electrons. The van der Waals surface area contributed by atoms with Crippen LogP contribution in [-0.2, 0) is 0 Å². The summed E-state index contributed by atoms with van der Waals surface area (Å²) in [6, 6.07) is 0. The van der Waals surface area contributed by atoms with E-state index in [0.29, 0.717) is 5.11 Å². The predicted octanol–water partition coefficient (Wildman–Crippen LogP) is -0.345. The Kier molecular flexibility index (Phi) is 6.78. The van der Waals surface area contributed by atoms with Crippen LogP contribution in [0, 0.1) is 0 Å². The van der Waals surface area contributed by atoms with E-state index in [1.807, 2.05) is 33.1 Å². The van der Waals surface area contributed by atoms with Gasteiger partial charge in [0.05, 0.1) is 0 Å². The van der Waals surface area contributed by atoms with Crippen LogP contribution in [-0.4, -0.2) is 74.2 Å². The van der Waals surface area contributed by atoms with Gasteiger partial charge < -0.3 is 20.4 Å². The Morgan fingerprint density at radius 2 is 1.29 bits per heavy atom. The molecule has 0 fully saturated rings. The van der Waals surface area contributed by atoms with Gasteiger partial charge in [-0.05, 0) is 40.4 Å². The van der Waals surface area contributed by atoms with Gasteiger partial charge in [0.15, 0.2) is 5.11 Å². The molecule has 0 aromatic carbocycles. The molecular weight excluding hydrogens is 196 g/mol. The lowest BCUT2D eigenvalue weighted by Gasteiger charge is -2.25. The third kappa shape index (κ3) is 7.06. The minimum Gasteiger partial charge on any atom is -0.376 e. The van der Waals surface area contributed by atoms with Crippen molar-refractivity contribution in [2.45, 2.75) is 0 Å². The molecular formula is C9H22N4S. The normalized spacial score (nSPS) is 11.0. The lowest BCUT2D eigenvalue weighted by Crippen LogP contribution is -2.43.